The first-order chi connectivity index (χ1) is 15.5. The summed E-state index contributed by atoms with van der Waals surface area (Å²) in [7, 11) is 0. The van der Waals surface area contributed by atoms with Crippen LogP contribution in [0.1, 0.15) is 11.1 Å². The largest absolute Gasteiger partial charge is 0.325 e. The fourth-order valence-electron chi connectivity index (χ4n) is 3.40. The van der Waals surface area contributed by atoms with Crippen molar-refractivity contribution in [2.24, 2.45) is 0 Å². The van der Waals surface area contributed by atoms with E-state index in [0.717, 1.165) is 27.9 Å². The number of hydrogen-bond donors (Lipinski definition) is 1. The van der Waals surface area contributed by atoms with Gasteiger partial charge in [0.2, 0.25) is 5.91 Å². The topological polar surface area (TPSA) is 64.0 Å². The molecule has 0 unspecified atom stereocenters. The highest BCUT2D eigenvalue weighted by Gasteiger charge is 2.18. The SMILES string of the molecule is C=CCn1c(SCC(=O)Nc2cccc(C)c2)nc2scc(-c3ccc(C)cc3)c2c1=O. The highest BCUT2D eigenvalue weighted by Crippen LogP contribution is 2.32. The zero-order valence-corrected chi connectivity index (χ0v) is 19.6. The van der Waals surface area contributed by atoms with Crippen LogP contribution in [-0.4, -0.2) is 21.2 Å². The van der Waals surface area contributed by atoms with Crippen molar-refractivity contribution in [1.82, 2.24) is 9.55 Å². The minimum atomic E-state index is -0.147. The van der Waals surface area contributed by atoms with Gasteiger partial charge in [-0.15, -0.1) is 17.9 Å². The lowest BCUT2D eigenvalue weighted by Crippen LogP contribution is -2.23. The van der Waals surface area contributed by atoms with Crippen LogP contribution in [0.5, 0.6) is 0 Å². The molecule has 0 fully saturated rings. The predicted molar refractivity (Wildman–Crippen MR) is 135 cm³/mol. The Morgan fingerprint density at radius 3 is 2.69 bits per heavy atom. The van der Waals surface area contributed by atoms with E-state index in [9.17, 15) is 9.59 Å². The lowest BCUT2D eigenvalue weighted by atomic mass is 10.1. The van der Waals surface area contributed by atoms with Crippen molar-refractivity contribution in [3.63, 3.8) is 0 Å². The van der Waals surface area contributed by atoms with Gasteiger partial charge in [0.05, 0.1) is 11.1 Å². The van der Waals surface area contributed by atoms with E-state index in [1.165, 1.54) is 23.1 Å². The van der Waals surface area contributed by atoms with Crippen LogP contribution in [0.4, 0.5) is 5.69 Å². The Labute approximate surface area is 194 Å². The molecule has 0 bridgehead atoms. The lowest BCUT2D eigenvalue weighted by Gasteiger charge is -2.11. The van der Waals surface area contributed by atoms with Gasteiger partial charge in [0.25, 0.3) is 5.56 Å². The third kappa shape index (κ3) is 4.69. The maximum Gasteiger partial charge on any atom is 0.263 e. The van der Waals surface area contributed by atoms with Gasteiger partial charge in [-0.1, -0.05) is 59.8 Å². The number of carbonyl (C=O) groups is 1. The van der Waals surface area contributed by atoms with Crippen molar-refractivity contribution >= 4 is 44.9 Å². The maximum absolute atomic E-state index is 13.4. The molecule has 162 valence electrons. The summed E-state index contributed by atoms with van der Waals surface area (Å²) < 4.78 is 1.59. The second-order valence-electron chi connectivity index (χ2n) is 7.50. The summed E-state index contributed by atoms with van der Waals surface area (Å²) in [5.74, 6) is 0.00536. The number of thioether (sulfide) groups is 1. The molecule has 5 nitrogen and oxygen atoms in total. The average Bonchev–Trinajstić information content (AvgIpc) is 3.19. The van der Waals surface area contributed by atoms with E-state index in [-0.39, 0.29) is 17.2 Å². The van der Waals surface area contributed by atoms with E-state index in [1.807, 2.05) is 67.8 Å². The molecule has 1 amide bonds. The Kier molecular flexibility index (Phi) is 6.58. The second-order valence-corrected chi connectivity index (χ2v) is 9.30. The van der Waals surface area contributed by atoms with Crippen molar-refractivity contribution in [1.29, 1.82) is 0 Å². The molecule has 0 aliphatic rings. The molecule has 0 radical (unpaired) electrons. The first kappa shape index (κ1) is 22.0. The van der Waals surface area contributed by atoms with Crippen molar-refractivity contribution in [2.75, 3.05) is 11.1 Å². The molecule has 1 N–H and O–H groups in total. The molecule has 2 aromatic carbocycles. The van der Waals surface area contributed by atoms with Gasteiger partial charge >= 0.3 is 0 Å². The zero-order chi connectivity index (χ0) is 22.7. The van der Waals surface area contributed by atoms with Crippen LogP contribution in [-0.2, 0) is 11.3 Å². The smallest absolute Gasteiger partial charge is 0.263 e. The number of nitrogens with zero attached hydrogens (tertiary/aromatic N) is 2. The molecule has 2 aromatic heterocycles. The van der Waals surface area contributed by atoms with Gasteiger partial charge in [-0.3, -0.25) is 14.2 Å². The summed E-state index contributed by atoms with van der Waals surface area (Å²) in [5, 5.41) is 5.99. The van der Waals surface area contributed by atoms with Gasteiger partial charge in [-0.25, -0.2) is 4.98 Å². The van der Waals surface area contributed by atoms with E-state index in [2.05, 4.69) is 11.9 Å². The van der Waals surface area contributed by atoms with Crippen molar-refractivity contribution in [3.8, 4) is 11.1 Å². The van der Waals surface area contributed by atoms with Gasteiger partial charge in [0.1, 0.15) is 4.83 Å². The zero-order valence-electron chi connectivity index (χ0n) is 17.9. The lowest BCUT2D eigenvalue weighted by molar-refractivity contribution is -0.113. The number of nitrogens with one attached hydrogen (secondary N) is 1. The molecular formula is C25H23N3O2S2. The van der Waals surface area contributed by atoms with Crippen LogP contribution in [0.2, 0.25) is 0 Å². The number of aryl methyl sites for hydroxylation is 2. The van der Waals surface area contributed by atoms with Crippen molar-refractivity contribution in [3.05, 3.63) is 88.0 Å². The molecule has 0 aliphatic carbocycles. The molecule has 0 atom stereocenters. The molecule has 0 saturated carbocycles. The number of carbonyl (C=O) groups excluding carboxylic acids is 1. The van der Waals surface area contributed by atoms with Gasteiger partial charge < -0.3 is 5.32 Å². The Hall–Kier alpha value is -3.16. The monoisotopic (exact) mass is 461 g/mol. The van der Waals surface area contributed by atoms with Crippen LogP contribution in [0, 0.1) is 13.8 Å². The third-order valence-corrected chi connectivity index (χ3v) is 6.82. The number of aromatic nitrogens is 2. The molecular weight excluding hydrogens is 438 g/mol. The van der Waals surface area contributed by atoms with Gasteiger partial charge in [0.15, 0.2) is 5.16 Å². The molecule has 2 heterocycles. The number of fused-ring (bicyclic) bond motifs is 1. The Bertz CT molecular complexity index is 1350. The van der Waals surface area contributed by atoms with Crippen LogP contribution in [0.15, 0.2) is 76.5 Å². The van der Waals surface area contributed by atoms with Crippen LogP contribution >= 0.6 is 23.1 Å². The molecule has 0 aliphatic heterocycles. The van der Waals surface area contributed by atoms with Crippen molar-refractivity contribution < 1.29 is 4.79 Å². The van der Waals surface area contributed by atoms with E-state index in [0.29, 0.717) is 21.9 Å². The number of thiophene rings is 1. The minimum absolute atomic E-state index is 0.117. The van der Waals surface area contributed by atoms with Gasteiger partial charge in [-0.2, -0.15) is 0 Å². The summed E-state index contributed by atoms with van der Waals surface area (Å²) in [4.78, 5) is 31.3. The van der Waals surface area contributed by atoms with Gasteiger partial charge in [-0.05, 0) is 37.1 Å². The van der Waals surface area contributed by atoms with Crippen LogP contribution in [0.3, 0.4) is 0 Å². The normalized spacial score (nSPS) is 10.9. The van der Waals surface area contributed by atoms with E-state index < -0.39 is 0 Å². The summed E-state index contributed by atoms with van der Waals surface area (Å²) in [6.07, 6.45) is 1.67. The quantitative estimate of drug-likeness (QED) is 0.219. The summed E-state index contributed by atoms with van der Waals surface area (Å²) in [6, 6.07) is 15.8. The maximum atomic E-state index is 13.4. The van der Waals surface area contributed by atoms with E-state index >= 15 is 0 Å². The number of anilines is 1. The standard InChI is InChI=1S/C25H23N3O2S2/c1-4-12-28-24(30)22-20(18-10-8-16(2)9-11-18)14-31-23(22)27-25(28)32-15-21(29)26-19-7-5-6-17(3)13-19/h4-11,13-14H,1,12,15H2,2-3H3,(H,26,29). The average molecular weight is 462 g/mol. The molecule has 4 aromatic rings. The molecule has 0 saturated heterocycles. The first-order valence-corrected chi connectivity index (χ1v) is 12.0. The molecule has 0 spiro atoms. The van der Waals surface area contributed by atoms with E-state index in [1.54, 1.807) is 10.6 Å². The Morgan fingerprint density at radius 2 is 1.97 bits per heavy atom. The van der Waals surface area contributed by atoms with Crippen LogP contribution < -0.4 is 10.9 Å². The fourth-order valence-corrected chi connectivity index (χ4v) is 5.20. The van der Waals surface area contributed by atoms with Gasteiger partial charge in [0, 0.05) is 23.2 Å². The number of amides is 1. The van der Waals surface area contributed by atoms with E-state index in [4.69, 9.17) is 4.98 Å². The second kappa shape index (κ2) is 9.54. The van der Waals surface area contributed by atoms with Crippen molar-refractivity contribution in [2.45, 2.75) is 25.5 Å². The highest BCUT2D eigenvalue weighted by atomic mass is 32.2. The molecule has 32 heavy (non-hydrogen) atoms. The van der Waals surface area contributed by atoms with Crippen LogP contribution in [0.25, 0.3) is 21.3 Å². The summed E-state index contributed by atoms with van der Waals surface area (Å²) in [6.45, 7) is 8.12. The number of rotatable bonds is 7. The number of allylic oxidation sites excluding steroid dienone is 1. The number of benzene rings is 2. The summed E-state index contributed by atoms with van der Waals surface area (Å²) >= 11 is 2.70. The predicted octanol–water partition coefficient (Wildman–Crippen LogP) is 5.66. The Morgan fingerprint density at radius 1 is 1.19 bits per heavy atom. The molecule has 4 rings (SSSR count). The first-order valence-electron chi connectivity index (χ1n) is 10.2. The summed E-state index contributed by atoms with van der Waals surface area (Å²) in [5.41, 5.74) is 4.75. The third-order valence-electron chi connectivity index (χ3n) is 4.97. The minimum Gasteiger partial charge on any atom is -0.325 e. The fraction of sp³-hybridized carbons (Fsp3) is 0.160. The Balaban J connectivity index is 1.63. The number of hydrogen-bond acceptors (Lipinski definition) is 5. The molecule has 7 heteroatoms. The highest BCUT2D eigenvalue weighted by molar-refractivity contribution is 7.99.